The second-order valence-corrected chi connectivity index (χ2v) is 5.86. The number of hydrogen-bond acceptors (Lipinski definition) is 2. The molecule has 2 aromatic rings. The summed E-state index contributed by atoms with van der Waals surface area (Å²) >= 11 is 7.45. The van der Waals surface area contributed by atoms with Gasteiger partial charge in [-0.1, -0.05) is 46.3 Å². The Kier molecular flexibility index (Phi) is 5.20. The molecule has 1 atom stereocenters. The number of hydrogen-bond donors (Lipinski definition) is 2. The van der Waals surface area contributed by atoms with E-state index in [1.165, 1.54) is 12.1 Å². The van der Waals surface area contributed by atoms with Gasteiger partial charge in [0.05, 0.1) is 10.9 Å². The second-order valence-electron chi connectivity index (χ2n) is 4.32. The number of halogens is 2. The lowest BCUT2D eigenvalue weighted by Gasteiger charge is -2.12. The van der Waals surface area contributed by atoms with Gasteiger partial charge in [-0.15, -0.1) is 0 Å². The van der Waals surface area contributed by atoms with Crippen LogP contribution in [0.2, 0.25) is 0 Å². The number of anilines is 1. The van der Waals surface area contributed by atoms with Crippen LogP contribution in [0.15, 0.2) is 53.0 Å². The van der Waals surface area contributed by atoms with Gasteiger partial charge in [0.2, 0.25) is 5.91 Å². The van der Waals surface area contributed by atoms with E-state index in [9.17, 15) is 9.18 Å². The van der Waals surface area contributed by atoms with Gasteiger partial charge in [-0.25, -0.2) is 4.39 Å². The summed E-state index contributed by atoms with van der Waals surface area (Å²) < 4.78 is 14.3. The number of thiol groups is 1. The lowest BCUT2D eigenvalue weighted by molar-refractivity contribution is -0.115. The molecule has 1 unspecified atom stereocenters. The molecule has 20 heavy (non-hydrogen) atoms. The monoisotopic (exact) mass is 353 g/mol. The van der Waals surface area contributed by atoms with Crippen LogP contribution in [0.5, 0.6) is 0 Å². The maximum absolute atomic E-state index is 13.6. The Morgan fingerprint density at radius 2 is 1.95 bits per heavy atom. The third kappa shape index (κ3) is 4.08. The minimum Gasteiger partial charge on any atom is -0.323 e. The Morgan fingerprint density at radius 1 is 1.25 bits per heavy atom. The van der Waals surface area contributed by atoms with E-state index < -0.39 is 11.1 Å². The second kappa shape index (κ2) is 6.90. The van der Waals surface area contributed by atoms with Crippen molar-refractivity contribution in [1.82, 2.24) is 0 Å². The molecule has 0 saturated heterocycles. The SMILES string of the molecule is O=C(Nc1ccc(Br)cc1F)C(S)Cc1ccccc1. The Bertz CT molecular complexity index is 606. The van der Waals surface area contributed by atoms with Gasteiger partial charge in [0.15, 0.2) is 0 Å². The average molecular weight is 354 g/mol. The van der Waals surface area contributed by atoms with Gasteiger partial charge in [0, 0.05) is 4.47 Å². The first-order chi connectivity index (χ1) is 9.56. The van der Waals surface area contributed by atoms with Crippen LogP contribution >= 0.6 is 28.6 Å². The molecule has 0 aliphatic carbocycles. The summed E-state index contributed by atoms with van der Waals surface area (Å²) in [5, 5.41) is 2.02. The van der Waals surface area contributed by atoms with E-state index in [1.807, 2.05) is 30.3 Å². The van der Waals surface area contributed by atoms with Crippen molar-refractivity contribution in [3.8, 4) is 0 Å². The van der Waals surface area contributed by atoms with Crippen LogP contribution in [0.1, 0.15) is 5.56 Å². The molecule has 1 amide bonds. The van der Waals surface area contributed by atoms with Crippen LogP contribution in [0.25, 0.3) is 0 Å². The fourth-order valence-electron chi connectivity index (χ4n) is 1.74. The molecule has 0 radical (unpaired) electrons. The molecule has 1 N–H and O–H groups in total. The Labute approximate surface area is 130 Å². The van der Waals surface area contributed by atoms with Gasteiger partial charge in [0.25, 0.3) is 0 Å². The highest BCUT2D eigenvalue weighted by Gasteiger charge is 2.16. The van der Waals surface area contributed by atoms with Crippen LogP contribution in [0.3, 0.4) is 0 Å². The average Bonchev–Trinajstić information content (AvgIpc) is 2.43. The Morgan fingerprint density at radius 3 is 2.60 bits per heavy atom. The molecule has 0 spiro atoms. The quantitative estimate of drug-likeness (QED) is 0.797. The van der Waals surface area contributed by atoms with Gasteiger partial charge < -0.3 is 5.32 Å². The zero-order valence-corrected chi connectivity index (χ0v) is 13.0. The summed E-state index contributed by atoms with van der Waals surface area (Å²) in [4.78, 5) is 12.0. The van der Waals surface area contributed by atoms with Crippen molar-refractivity contribution in [1.29, 1.82) is 0 Å². The van der Waals surface area contributed by atoms with Crippen molar-refractivity contribution >= 4 is 40.2 Å². The number of carbonyl (C=O) groups is 1. The van der Waals surface area contributed by atoms with E-state index in [0.717, 1.165) is 5.56 Å². The van der Waals surface area contributed by atoms with E-state index in [1.54, 1.807) is 6.07 Å². The van der Waals surface area contributed by atoms with Crippen LogP contribution in [0.4, 0.5) is 10.1 Å². The standard InChI is InChI=1S/C15H13BrFNOS/c16-11-6-7-13(12(17)9-11)18-15(19)14(20)8-10-4-2-1-3-5-10/h1-7,9,14,20H,8H2,(H,18,19). The molecule has 2 rings (SSSR count). The lowest BCUT2D eigenvalue weighted by Crippen LogP contribution is -2.25. The molecule has 0 aliphatic heterocycles. The van der Waals surface area contributed by atoms with E-state index in [-0.39, 0.29) is 11.6 Å². The largest absolute Gasteiger partial charge is 0.323 e. The van der Waals surface area contributed by atoms with Crippen LogP contribution in [-0.2, 0) is 11.2 Å². The van der Waals surface area contributed by atoms with Crippen molar-refractivity contribution in [3.63, 3.8) is 0 Å². The molecule has 0 bridgehead atoms. The van der Waals surface area contributed by atoms with Crippen molar-refractivity contribution in [2.75, 3.05) is 5.32 Å². The Hall–Kier alpha value is -1.33. The lowest BCUT2D eigenvalue weighted by atomic mass is 10.1. The minimum absolute atomic E-state index is 0.158. The van der Waals surface area contributed by atoms with Gasteiger partial charge in [-0.3, -0.25) is 4.79 Å². The maximum Gasteiger partial charge on any atom is 0.237 e. The summed E-state index contributed by atoms with van der Waals surface area (Å²) in [7, 11) is 0. The summed E-state index contributed by atoms with van der Waals surface area (Å²) in [5.74, 6) is -0.800. The summed E-state index contributed by atoms with van der Waals surface area (Å²) in [6.45, 7) is 0. The fraction of sp³-hybridized carbons (Fsp3) is 0.133. The molecule has 104 valence electrons. The van der Waals surface area contributed by atoms with Gasteiger partial charge in [-0.05, 0) is 30.2 Å². The summed E-state index contributed by atoms with van der Waals surface area (Å²) in [6, 6.07) is 14.1. The van der Waals surface area contributed by atoms with Crippen LogP contribution in [0, 0.1) is 5.82 Å². The molecular formula is C15H13BrFNOS. The van der Waals surface area contributed by atoms with E-state index in [4.69, 9.17) is 0 Å². The van der Waals surface area contributed by atoms with Crippen molar-refractivity contribution in [2.24, 2.45) is 0 Å². The minimum atomic E-state index is -0.527. The maximum atomic E-state index is 13.6. The highest BCUT2D eigenvalue weighted by Crippen LogP contribution is 2.20. The van der Waals surface area contributed by atoms with Crippen LogP contribution < -0.4 is 5.32 Å². The molecule has 0 aliphatic rings. The highest BCUT2D eigenvalue weighted by molar-refractivity contribution is 9.10. The van der Waals surface area contributed by atoms with Crippen molar-refractivity contribution in [2.45, 2.75) is 11.7 Å². The zero-order valence-electron chi connectivity index (χ0n) is 10.5. The van der Waals surface area contributed by atoms with Gasteiger partial charge >= 0.3 is 0 Å². The molecule has 0 saturated carbocycles. The number of amides is 1. The van der Waals surface area contributed by atoms with E-state index in [0.29, 0.717) is 10.9 Å². The van der Waals surface area contributed by atoms with Crippen molar-refractivity contribution in [3.05, 3.63) is 64.4 Å². The zero-order chi connectivity index (χ0) is 14.5. The first-order valence-electron chi connectivity index (χ1n) is 6.04. The van der Waals surface area contributed by atoms with Gasteiger partial charge in [-0.2, -0.15) is 12.6 Å². The fourth-order valence-corrected chi connectivity index (χ4v) is 2.35. The molecule has 0 aromatic heterocycles. The smallest absolute Gasteiger partial charge is 0.237 e. The topological polar surface area (TPSA) is 29.1 Å². The first kappa shape index (κ1) is 15.1. The molecular weight excluding hydrogens is 341 g/mol. The van der Waals surface area contributed by atoms with E-state index in [2.05, 4.69) is 33.9 Å². The summed E-state index contributed by atoms with van der Waals surface area (Å²) in [5.41, 5.74) is 1.17. The first-order valence-corrected chi connectivity index (χ1v) is 7.35. The number of rotatable bonds is 4. The number of carbonyl (C=O) groups excluding carboxylic acids is 1. The Balaban J connectivity index is 2.01. The molecule has 2 nitrogen and oxygen atoms in total. The number of nitrogens with one attached hydrogen (secondary N) is 1. The van der Waals surface area contributed by atoms with Crippen LogP contribution in [-0.4, -0.2) is 11.2 Å². The van der Waals surface area contributed by atoms with Crippen molar-refractivity contribution < 1.29 is 9.18 Å². The predicted octanol–water partition coefficient (Wildman–Crippen LogP) is 4.07. The van der Waals surface area contributed by atoms with E-state index >= 15 is 0 Å². The third-order valence-electron chi connectivity index (χ3n) is 2.76. The molecule has 0 heterocycles. The molecule has 2 aromatic carbocycles. The summed E-state index contributed by atoms with van der Waals surface area (Å²) in [6.07, 6.45) is 0.494. The molecule has 5 heteroatoms. The number of benzene rings is 2. The van der Waals surface area contributed by atoms with Gasteiger partial charge in [0.1, 0.15) is 5.82 Å². The molecule has 0 fully saturated rings. The highest BCUT2D eigenvalue weighted by atomic mass is 79.9. The predicted molar refractivity (Wildman–Crippen MR) is 85.6 cm³/mol. The normalized spacial score (nSPS) is 11.9. The third-order valence-corrected chi connectivity index (χ3v) is 3.67.